The zero-order valence-corrected chi connectivity index (χ0v) is 12.7. The molecule has 2 aromatic rings. The third kappa shape index (κ3) is 2.34. The number of morpholine rings is 1. The summed E-state index contributed by atoms with van der Waals surface area (Å²) < 4.78 is 6.88. The number of ether oxygens (including phenoxy) is 1. The lowest BCUT2D eigenvalue weighted by Crippen LogP contribution is -2.48. The fraction of sp³-hybridized carbons (Fsp3) is 0.333. The highest BCUT2D eigenvalue weighted by molar-refractivity contribution is 6.38. The van der Waals surface area contributed by atoms with Gasteiger partial charge in [0.05, 0.1) is 18.2 Å². The minimum Gasteiger partial charge on any atom is -0.479 e. The highest BCUT2D eigenvalue weighted by atomic mass is 35.5. The Balaban J connectivity index is 1.97. The second-order valence-electron chi connectivity index (χ2n) is 5.19. The largest absolute Gasteiger partial charge is 0.479 e. The third-order valence-electron chi connectivity index (χ3n) is 3.88. The summed E-state index contributed by atoms with van der Waals surface area (Å²) in [5, 5.41) is 10.2. The van der Waals surface area contributed by atoms with Crippen LogP contribution in [0.3, 0.4) is 0 Å². The molecule has 1 N–H and O–H groups in total. The molecule has 6 nitrogen and oxygen atoms in total. The molecule has 22 heavy (non-hydrogen) atoms. The summed E-state index contributed by atoms with van der Waals surface area (Å²) in [6, 6.07) is 7.48. The number of rotatable bonds is 2. The number of aryl methyl sites for hydroxylation is 1. The number of aliphatic carboxylic acids is 1. The zero-order valence-electron chi connectivity index (χ0n) is 12.0. The van der Waals surface area contributed by atoms with E-state index in [0.717, 1.165) is 10.9 Å². The quantitative estimate of drug-likeness (QED) is 0.914. The van der Waals surface area contributed by atoms with Crippen molar-refractivity contribution in [1.29, 1.82) is 0 Å². The van der Waals surface area contributed by atoms with Gasteiger partial charge in [0.1, 0.15) is 5.69 Å². The van der Waals surface area contributed by atoms with Crippen LogP contribution in [-0.2, 0) is 16.6 Å². The first-order chi connectivity index (χ1) is 10.5. The van der Waals surface area contributed by atoms with Crippen LogP contribution in [0.1, 0.15) is 10.5 Å². The lowest BCUT2D eigenvalue weighted by Gasteiger charge is -2.31. The topological polar surface area (TPSA) is 71.8 Å². The van der Waals surface area contributed by atoms with Gasteiger partial charge in [-0.3, -0.25) is 4.79 Å². The van der Waals surface area contributed by atoms with Gasteiger partial charge in [0.25, 0.3) is 5.91 Å². The number of nitrogens with zero attached hydrogens (tertiary/aromatic N) is 2. The van der Waals surface area contributed by atoms with E-state index in [4.69, 9.17) is 21.4 Å². The number of hydrogen-bond donors (Lipinski definition) is 1. The Morgan fingerprint density at radius 3 is 2.77 bits per heavy atom. The van der Waals surface area contributed by atoms with Crippen molar-refractivity contribution >= 4 is 34.4 Å². The molecule has 1 aliphatic rings. The number of carboxylic acid groups (broad SMARTS) is 1. The Kier molecular flexibility index (Phi) is 3.80. The normalized spacial score (nSPS) is 18.6. The molecule has 0 spiro atoms. The molecule has 3 rings (SSSR count). The minimum atomic E-state index is -1.07. The first kappa shape index (κ1) is 14.9. The van der Waals surface area contributed by atoms with Gasteiger partial charge in [-0.1, -0.05) is 29.8 Å². The monoisotopic (exact) mass is 322 g/mol. The highest BCUT2D eigenvalue weighted by Crippen LogP contribution is 2.30. The van der Waals surface area contributed by atoms with Crippen LogP contribution in [0.25, 0.3) is 10.9 Å². The van der Waals surface area contributed by atoms with Gasteiger partial charge in [-0.05, 0) is 6.07 Å². The van der Waals surface area contributed by atoms with Gasteiger partial charge in [-0.2, -0.15) is 0 Å². The first-order valence-corrected chi connectivity index (χ1v) is 7.25. The summed E-state index contributed by atoms with van der Waals surface area (Å²) in [6.45, 7) is 0.566. The number of amides is 1. The van der Waals surface area contributed by atoms with Crippen molar-refractivity contribution in [2.24, 2.45) is 7.05 Å². The number of benzene rings is 1. The summed E-state index contributed by atoms with van der Waals surface area (Å²) in [5.74, 6) is -1.35. The van der Waals surface area contributed by atoms with Crippen LogP contribution in [0.5, 0.6) is 0 Å². The van der Waals surface area contributed by atoms with E-state index in [0.29, 0.717) is 17.3 Å². The van der Waals surface area contributed by atoms with Crippen molar-refractivity contribution in [2.45, 2.75) is 6.10 Å². The maximum atomic E-state index is 12.8. The van der Waals surface area contributed by atoms with Crippen molar-refractivity contribution in [2.75, 3.05) is 19.7 Å². The van der Waals surface area contributed by atoms with Crippen LogP contribution in [-0.4, -0.2) is 52.3 Å². The number of aromatic nitrogens is 1. The second-order valence-corrected chi connectivity index (χ2v) is 5.57. The standard InChI is InChI=1S/C15H15ClN2O4/c1-17-10-5-3-2-4-9(10)12(16)13(17)14(19)18-6-7-22-11(8-18)15(20)21/h2-5,11H,6-8H2,1H3,(H,20,21). The third-order valence-corrected chi connectivity index (χ3v) is 4.26. The van der Waals surface area contributed by atoms with Gasteiger partial charge in [-0.25, -0.2) is 4.79 Å². The number of carbonyl (C=O) groups is 2. The zero-order chi connectivity index (χ0) is 15.9. The number of halogens is 1. The van der Waals surface area contributed by atoms with Crippen LogP contribution in [0, 0.1) is 0 Å². The van der Waals surface area contributed by atoms with Gasteiger partial charge in [0.15, 0.2) is 6.10 Å². The van der Waals surface area contributed by atoms with E-state index in [-0.39, 0.29) is 19.1 Å². The molecule has 1 amide bonds. The van der Waals surface area contributed by atoms with Gasteiger partial charge in [-0.15, -0.1) is 0 Å². The van der Waals surface area contributed by atoms with Crippen LogP contribution in [0.4, 0.5) is 0 Å². The van der Waals surface area contributed by atoms with E-state index < -0.39 is 12.1 Å². The van der Waals surface area contributed by atoms with Crippen molar-refractivity contribution < 1.29 is 19.4 Å². The van der Waals surface area contributed by atoms with E-state index >= 15 is 0 Å². The van der Waals surface area contributed by atoms with E-state index in [1.807, 2.05) is 24.3 Å². The summed E-state index contributed by atoms with van der Waals surface area (Å²) in [4.78, 5) is 25.3. The molecule has 1 atom stereocenters. The summed E-state index contributed by atoms with van der Waals surface area (Å²) in [7, 11) is 1.77. The lowest BCUT2D eigenvalue weighted by molar-refractivity contribution is -0.154. The molecule has 1 saturated heterocycles. The van der Waals surface area contributed by atoms with Crippen LogP contribution in [0.2, 0.25) is 5.02 Å². The molecule has 7 heteroatoms. The molecule has 2 heterocycles. The van der Waals surface area contributed by atoms with Crippen LogP contribution < -0.4 is 0 Å². The number of carboxylic acids is 1. The molecule has 1 aliphatic heterocycles. The lowest BCUT2D eigenvalue weighted by atomic mass is 10.2. The molecule has 1 fully saturated rings. The van der Waals surface area contributed by atoms with Crippen molar-refractivity contribution in [3.05, 3.63) is 35.0 Å². The Hall–Kier alpha value is -2.05. The second kappa shape index (κ2) is 5.62. The molecule has 0 aliphatic carbocycles. The van der Waals surface area contributed by atoms with Gasteiger partial charge in [0.2, 0.25) is 0 Å². The molecule has 1 unspecified atom stereocenters. The molecule has 0 bridgehead atoms. The van der Waals surface area contributed by atoms with E-state index in [9.17, 15) is 9.59 Å². The molecule has 0 radical (unpaired) electrons. The van der Waals surface area contributed by atoms with E-state index in [1.165, 1.54) is 4.90 Å². The number of para-hydroxylation sites is 1. The molecule has 1 aromatic carbocycles. The maximum absolute atomic E-state index is 12.8. The molecule has 116 valence electrons. The smallest absolute Gasteiger partial charge is 0.334 e. The summed E-state index contributed by atoms with van der Waals surface area (Å²) >= 11 is 6.36. The average Bonchev–Trinajstić information content (AvgIpc) is 2.79. The first-order valence-electron chi connectivity index (χ1n) is 6.87. The van der Waals surface area contributed by atoms with Gasteiger partial charge >= 0.3 is 5.97 Å². The van der Waals surface area contributed by atoms with Crippen molar-refractivity contribution in [1.82, 2.24) is 9.47 Å². The van der Waals surface area contributed by atoms with Crippen molar-refractivity contribution in [3.8, 4) is 0 Å². The highest BCUT2D eigenvalue weighted by Gasteiger charge is 2.32. The fourth-order valence-corrected chi connectivity index (χ4v) is 3.08. The predicted molar refractivity (Wildman–Crippen MR) is 81.2 cm³/mol. The van der Waals surface area contributed by atoms with E-state index in [1.54, 1.807) is 11.6 Å². The van der Waals surface area contributed by atoms with Crippen LogP contribution >= 0.6 is 11.6 Å². The number of hydrogen-bond acceptors (Lipinski definition) is 3. The number of fused-ring (bicyclic) bond motifs is 1. The molecule has 1 aromatic heterocycles. The Morgan fingerprint density at radius 2 is 2.09 bits per heavy atom. The Labute approximate surface area is 131 Å². The number of carbonyl (C=O) groups excluding carboxylic acids is 1. The minimum absolute atomic E-state index is 0.0199. The van der Waals surface area contributed by atoms with Crippen molar-refractivity contribution in [3.63, 3.8) is 0 Å². The van der Waals surface area contributed by atoms with Gasteiger partial charge < -0.3 is 19.3 Å². The van der Waals surface area contributed by atoms with E-state index in [2.05, 4.69) is 0 Å². The molecule has 0 saturated carbocycles. The van der Waals surface area contributed by atoms with Gasteiger partial charge in [0, 0.05) is 24.5 Å². The van der Waals surface area contributed by atoms with Crippen LogP contribution in [0.15, 0.2) is 24.3 Å². The molecular formula is C15H15ClN2O4. The predicted octanol–water partition coefficient (Wildman–Crippen LogP) is 1.76. The SMILES string of the molecule is Cn1c(C(=O)N2CCOC(C(=O)O)C2)c(Cl)c2ccccc21. The summed E-state index contributed by atoms with van der Waals surface area (Å²) in [6.07, 6.45) is -0.994. The fourth-order valence-electron chi connectivity index (χ4n) is 2.72. The Bertz CT molecular complexity index is 716. The average molecular weight is 323 g/mol. The summed E-state index contributed by atoms with van der Waals surface area (Å²) in [5.41, 5.74) is 1.23. The molecular weight excluding hydrogens is 308 g/mol. The Morgan fingerprint density at radius 1 is 1.36 bits per heavy atom. The maximum Gasteiger partial charge on any atom is 0.334 e.